The number of halogens is 2. The molecule has 0 unspecified atom stereocenters. The molecule has 1 aromatic heterocycles. The zero-order valence-electron chi connectivity index (χ0n) is 12.8. The maximum absolute atomic E-state index is 12.9. The molecule has 0 saturated carbocycles. The third-order valence-corrected chi connectivity index (χ3v) is 3.92. The van der Waals surface area contributed by atoms with E-state index in [0.717, 1.165) is 28.0 Å². The number of nitrogens with one attached hydrogen (secondary N) is 2. The third-order valence-electron chi connectivity index (χ3n) is 3.39. The molecule has 0 saturated heterocycles. The van der Waals surface area contributed by atoms with Gasteiger partial charge in [0.25, 0.3) is 0 Å². The van der Waals surface area contributed by atoms with Crippen molar-refractivity contribution in [2.24, 2.45) is 0 Å². The number of hydrogen-bond acceptors (Lipinski definition) is 4. The lowest BCUT2D eigenvalue weighted by molar-refractivity contribution is 0.627. The first kappa shape index (κ1) is 16.4. The minimum atomic E-state index is -0.217. The van der Waals surface area contributed by atoms with Crippen molar-refractivity contribution in [3.05, 3.63) is 76.6 Å². The second-order valence-corrected chi connectivity index (χ2v) is 6.12. The van der Waals surface area contributed by atoms with Crippen LogP contribution in [-0.2, 0) is 6.42 Å². The Morgan fingerprint density at radius 3 is 2.46 bits per heavy atom. The smallest absolute Gasteiger partial charge is 0.229 e. The van der Waals surface area contributed by atoms with Gasteiger partial charge in [-0.2, -0.15) is 4.98 Å². The summed E-state index contributed by atoms with van der Waals surface area (Å²) in [4.78, 5) is 8.65. The van der Waals surface area contributed by atoms with Crippen LogP contribution in [0.25, 0.3) is 0 Å². The van der Waals surface area contributed by atoms with Crippen molar-refractivity contribution in [3.8, 4) is 0 Å². The van der Waals surface area contributed by atoms with E-state index in [-0.39, 0.29) is 5.82 Å². The lowest BCUT2D eigenvalue weighted by atomic mass is 10.1. The largest absolute Gasteiger partial charge is 0.370 e. The number of nitrogens with zero attached hydrogens (tertiary/aromatic N) is 2. The quantitative estimate of drug-likeness (QED) is 0.640. The second-order valence-electron chi connectivity index (χ2n) is 5.20. The van der Waals surface area contributed by atoms with Gasteiger partial charge in [0.2, 0.25) is 5.95 Å². The van der Waals surface area contributed by atoms with Gasteiger partial charge in [-0.1, -0.05) is 28.1 Å². The van der Waals surface area contributed by atoms with Crippen LogP contribution >= 0.6 is 15.9 Å². The van der Waals surface area contributed by atoms with Crippen LogP contribution in [0.1, 0.15) is 5.56 Å². The highest BCUT2D eigenvalue weighted by Crippen LogP contribution is 2.17. The molecule has 0 amide bonds. The van der Waals surface area contributed by atoms with E-state index in [2.05, 4.69) is 36.5 Å². The molecule has 2 aromatic carbocycles. The van der Waals surface area contributed by atoms with Crippen LogP contribution in [0.3, 0.4) is 0 Å². The molecule has 24 heavy (non-hydrogen) atoms. The third kappa shape index (κ3) is 4.76. The van der Waals surface area contributed by atoms with E-state index >= 15 is 0 Å². The van der Waals surface area contributed by atoms with Crippen molar-refractivity contribution < 1.29 is 4.39 Å². The van der Waals surface area contributed by atoms with Crippen LogP contribution in [0, 0.1) is 5.82 Å². The van der Waals surface area contributed by atoms with E-state index in [1.54, 1.807) is 18.3 Å². The highest BCUT2D eigenvalue weighted by molar-refractivity contribution is 9.10. The van der Waals surface area contributed by atoms with E-state index in [1.165, 1.54) is 12.1 Å². The Bertz CT molecular complexity index is 791. The van der Waals surface area contributed by atoms with Crippen LogP contribution in [0.2, 0.25) is 0 Å². The summed E-state index contributed by atoms with van der Waals surface area (Å²) in [6.07, 6.45) is 2.49. The van der Waals surface area contributed by atoms with Crippen molar-refractivity contribution >= 4 is 33.4 Å². The molecular weight excluding hydrogens is 371 g/mol. The number of aromatic nitrogens is 2. The van der Waals surface area contributed by atoms with Gasteiger partial charge in [0.05, 0.1) is 0 Å². The molecule has 0 spiro atoms. The van der Waals surface area contributed by atoms with Gasteiger partial charge < -0.3 is 10.6 Å². The number of anilines is 3. The first-order valence-electron chi connectivity index (χ1n) is 7.53. The van der Waals surface area contributed by atoms with E-state index in [9.17, 15) is 4.39 Å². The Kier molecular flexibility index (Phi) is 5.38. The Balaban J connectivity index is 1.56. The summed E-state index contributed by atoms with van der Waals surface area (Å²) >= 11 is 3.40. The summed E-state index contributed by atoms with van der Waals surface area (Å²) in [7, 11) is 0. The van der Waals surface area contributed by atoms with Crippen LogP contribution < -0.4 is 10.6 Å². The molecule has 4 nitrogen and oxygen atoms in total. The normalized spacial score (nSPS) is 10.4. The average Bonchev–Trinajstić information content (AvgIpc) is 2.59. The first-order chi connectivity index (χ1) is 11.7. The van der Waals surface area contributed by atoms with Gasteiger partial charge in [0, 0.05) is 22.9 Å². The molecule has 1 heterocycles. The van der Waals surface area contributed by atoms with Gasteiger partial charge in [0.15, 0.2) is 0 Å². The molecule has 0 aliphatic heterocycles. The lowest BCUT2D eigenvalue weighted by Crippen LogP contribution is -2.07. The molecule has 6 heteroatoms. The molecular formula is C18H16BrFN4. The molecule has 0 bridgehead atoms. The summed E-state index contributed by atoms with van der Waals surface area (Å²) in [6, 6.07) is 16.1. The maximum atomic E-state index is 12.9. The van der Waals surface area contributed by atoms with Crippen molar-refractivity contribution in [3.63, 3.8) is 0 Å². The van der Waals surface area contributed by atoms with E-state index in [1.807, 2.05) is 30.3 Å². The Morgan fingerprint density at radius 1 is 0.958 bits per heavy atom. The number of hydrogen-bond donors (Lipinski definition) is 2. The van der Waals surface area contributed by atoms with Crippen molar-refractivity contribution in [2.75, 3.05) is 17.2 Å². The highest BCUT2D eigenvalue weighted by Gasteiger charge is 2.01. The lowest BCUT2D eigenvalue weighted by Gasteiger charge is -2.08. The van der Waals surface area contributed by atoms with Gasteiger partial charge in [-0.25, -0.2) is 9.37 Å². The van der Waals surface area contributed by atoms with Gasteiger partial charge in [-0.15, -0.1) is 0 Å². The van der Waals surface area contributed by atoms with Gasteiger partial charge >= 0.3 is 0 Å². The molecule has 122 valence electrons. The molecule has 3 aromatic rings. The van der Waals surface area contributed by atoms with Gasteiger partial charge in [0.1, 0.15) is 11.6 Å². The average molecular weight is 387 g/mol. The minimum Gasteiger partial charge on any atom is -0.370 e. The summed E-state index contributed by atoms with van der Waals surface area (Å²) in [6.45, 7) is 0.709. The molecule has 0 radical (unpaired) electrons. The molecule has 0 atom stereocenters. The van der Waals surface area contributed by atoms with Crippen LogP contribution in [0.4, 0.5) is 21.8 Å². The van der Waals surface area contributed by atoms with Crippen molar-refractivity contribution in [1.29, 1.82) is 0 Å². The van der Waals surface area contributed by atoms with Crippen LogP contribution in [0.5, 0.6) is 0 Å². The van der Waals surface area contributed by atoms with E-state index in [0.29, 0.717) is 12.5 Å². The van der Waals surface area contributed by atoms with E-state index < -0.39 is 0 Å². The monoisotopic (exact) mass is 386 g/mol. The van der Waals surface area contributed by atoms with Gasteiger partial charge in [-0.05, 0) is 54.4 Å². The predicted molar refractivity (Wildman–Crippen MR) is 98.1 cm³/mol. The molecule has 2 N–H and O–H groups in total. The summed E-state index contributed by atoms with van der Waals surface area (Å²) in [5.41, 5.74) is 1.99. The molecule has 0 aliphatic rings. The zero-order valence-corrected chi connectivity index (χ0v) is 14.4. The fourth-order valence-corrected chi connectivity index (χ4v) is 2.43. The molecule has 0 fully saturated rings. The number of rotatable bonds is 6. The number of benzene rings is 2. The van der Waals surface area contributed by atoms with Gasteiger partial charge in [-0.3, -0.25) is 0 Å². The maximum Gasteiger partial charge on any atom is 0.229 e. The summed E-state index contributed by atoms with van der Waals surface area (Å²) in [5, 5.41) is 6.41. The second kappa shape index (κ2) is 7.88. The Hall–Kier alpha value is -2.47. The standard InChI is InChI=1S/C18H16BrFN4/c19-14-3-7-16(8-4-14)23-18-22-12-10-17(24-18)21-11-9-13-1-5-15(20)6-2-13/h1-8,10,12H,9,11H2,(H2,21,22,23,24). The fourth-order valence-electron chi connectivity index (χ4n) is 2.17. The summed E-state index contributed by atoms with van der Waals surface area (Å²) < 4.78 is 13.9. The van der Waals surface area contributed by atoms with E-state index in [4.69, 9.17) is 0 Å². The van der Waals surface area contributed by atoms with Crippen LogP contribution in [0.15, 0.2) is 65.3 Å². The Labute approximate surface area is 148 Å². The van der Waals surface area contributed by atoms with Crippen LogP contribution in [-0.4, -0.2) is 16.5 Å². The molecule has 3 rings (SSSR count). The van der Waals surface area contributed by atoms with Crippen molar-refractivity contribution in [1.82, 2.24) is 9.97 Å². The topological polar surface area (TPSA) is 49.8 Å². The highest BCUT2D eigenvalue weighted by atomic mass is 79.9. The first-order valence-corrected chi connectivity index (χ1v) is 8.32. The molecule has 0 aliphatic carbocycles. The summed E-state index contributed by atoms with van der Waals surface area (Å²) in [5.74, 6) is 1.06. The predicted octanol–water partition coefficient (Wildman–Crippen LogP) is 4.78. The Morgan fingerprint density at radius 2 is 1.71 bits per heavy atom. The SMILES string of the molecule is Fc1ccc(CCNc2ccnc(Nc3ccc(Br)cc3)n2)cc1. The minimum absolute atomic E-state index is 0.217. The van der Waals surface area contributed by atoms with Crippen molar-refractivity contribution in [2.45, 2.75) is 6.42 Å². The fraction of sp³-hybridized carbons (Fsp3) is 0.111. The zero-order chi connectivity index (χ0) is 16.8.